The molecule has 0 saturated heterocycles. The van der Waals surface area contributed by atoms with Gasteiger partial charge in [-0.15, -0.1) is 11.3 Å². The Labute approximate surface area is 104 Å². The van der Waals surface area contributed by atoms with Crippen LogP contribution in [0.2, 0.25) is 0 Å². The molecule has 17 heavy (non-hydrogen) atoms. The number of primary amides is 1. The topological polar surface area (TPSA) is 109 Å². The lowest BCUT2D eigenvalue weighted by Gasteiger charge is -2.08. The van der Waals surface area contributed by atoms with E-state index < -0.39 is 28.6 Å². The number of thiophene rings is 1. The van der Waals surface area contributed by atoms with Gasteiger partial charge in [-0.1, -0.05) is 0 Å². The third-order valence-electron chi connectivity index (χ3n) is 2.08. The highest BCUT2D eigenvalue weighted by Crippen LogP contribution is 2.24. The molecule has 1 heterocycles. The number of aliphatic hydroxyl groups is 1. The van der Waals surface area contributed by atoms with Gasteiger partial charge in [-0.05, 0) is 19.9 Å². The van der Waals surface area contributed by atoms with E-state index in [0.29, 0.717) is 4.88 Å². The van der Waals surface area contributed by atoms with Crippen LogP contribution in [0.3, 0.4) is 0 Å². The van der Waals surface area contributed by atoms with Gasteiger partial charge in [0.15, 0.2) is 0 Å². The number of rotatable bonds is 5. The van der Waals surface area contributed by atoms with Crippen LogP contribution < -0.4 is 10.5 Å². The first kappa shape index (κ1) is 14.1. The molecule has 1 atom stereocenters. The average molecular weight is 278 g/mol. The van der Waals surface area contributed by atoms with Crippen LogP contribution in [-0.4, -0.2) is 32.1 Å². The maximum atomic E-state index is 11.8. The number of sulfonamides is 1. The van der Waals surface area contributed by atoms with Crippen LogP contribution >= 0.6 is 11.3 Å². The lowest BCUT2D eigenvalue weighted by atomic mass is 10.3. The molecule has 8 heteroatoms. The van der Waals surface area contributed by atoms with Crippen LogP contribution in [0.5, 0.6) is 0 Å². The molecule has 0 aliphatic rings. The summed E-state index contributed by atoms with van der Waals surface area (Å²) in [4.78, 5) is 12.3. The lowest BCUT2D eigenvalue weighted by Crippen LogP contribution is -2.39. The third kappa shape index (κ3) is 3.50. The fourth-order valence-corrected chi connectivity index (χ4v) is 3.83. The SMILES string of the molecule is Cc1cc(S(=O)(=O)NCC(O)C(N)=O)c(C)s1. The summed E-state index contributed by atoms with van der Waals surface area (Å²) in [5, 5.41) is 9.11. The van der Waals surface area contributed by atoms with Gasteiger partial charge in [0.1, 0.15) is 6.10 Å². The van der Waals surface area contributed by atoms with Crippen molar-refractivity contribution in [3.8, 4) is 0 Å². The average Bonchev–Trinajstić information content (AvgIpc) is 2.55. The third-order valence-corrected chi connectivity index (χ3v) is 4.72. The van der Waals surface area contributed by atoms with Crippen molar-refractivity contribution in [1.29, 1.82) is 0 Å². The second-order valence-corrected chi connectivity index (χ2v) is 6.74. The van der Waals surface area contributed by atoms with E-state index in [0.717, 1.165) is 4.88 Å². The lowest BCUT2D eigenvalue weighted by molar-refractivity contribution is -0.125. The smallest absolute Gasteiger partial charge is 0.247 e. The van der Waals surface area contributed by atoms with Gasteiger partial charge in [-0.3, -0.25) is 4.79 Å². The Bertz CT molecular complexity index is 521. The van der Waals surface area contributed by atoms with Crippen molar-refractivity contribution in [1.82, 2.24) is 4.72 Å². The highest BCUT2D eigenvalue weighted by Gasteiger charge is 2.21. The summed E-state index contributed by atoms with van der Waals surface area (Å²) in [6.45, 7) is 3.07. The largest absolute Gasteiger partial charge is 0.382 e. The summed E-state index contributed by atoms with van der Waals surface area (Å²) in [6, 6.07) is 1.54. The van der Waals surface area contributed by atoms with Crippen molar-refractivity contribution in [2.75, 3.05) is 6.54 Å². The van der Waals surface area contributed by atoms with Crippen molar-refractivity contribution >= 4 is 27.3 Å². The monoisotopic (exact) mass is 278 g/mol. The first-order valence-electron chi connectivity index (χ1n) is 4.78. The molecule has 0 aromatic carbocycles. The molecule has 0 saturated carbocycles. The standard InChI is InChI=1S/C9H14N2O4S2/c1-5-3-8(6(2)16-5)17(14,15)11-4-7(12)9(10)13/h3,7,11-12H,4H2,1-2H3,(H2,10,13). The summed E-state index contributed by atoms with van der Waals surface area (Å²) in [5.41, 5.74) is 4.82. The highest BCUT2D eigenvalue weighted by molar-refractivity contribution is 7.89. The summed E-state index contributed by atoms with van der Waals surface area (Å²) >= 11 is 1.36. The van der Waals surface area contributed by atoms with Crippen LogP contribution in [0.25, 0.3) is 0 Å². The molecule has 6 nitrogen and oxygen atoms in total. The van der Waals surface area contributed by atoms with Crippen molar-refractivity contribution < 1.29 is 18.3 Å². The fourth-order valence-electron chi connectivity index (χ4n) is 1.24. The zero-order valence-electron chi connectivity index (χ0n) is 9.43. The van der Waals surface area contributed by atoms with Crippen molar-refractivity contribution in [3.05, 3.63) is 15.8 Å². The van der Waals surface area contributed by atoms with Gasteiger partial charge in [-0.25, -0.2) is 13.1 Å². The molecule has 4 N–H and O–H groups in total. The van der Waals surface area contributed by atoms with E-state index in [-0.39, 0.29) is 4.90 Å². The molecule has 1 amide bonds. The van der Waals surface area contributed by atoms with Gasteiger partial charge in [0.2, 0.25) is 15.9 Å². The number of hydrogen-bond acceptors (Lipinski definition) is 5. The predicted molar refractivity (Wildman–Crippen MR) is 64.2 cm³/mol. The Morgan fingerprint density at radius 2 is 2.18 bits per heavy atom. The highest BCUT2D eigenvalue weighted by atomic mass is 32.2. The van der Waals surface area contributed by atoms with Gasteiger partial charge in [-0.2, -0.15) is 0 Å². The van der Waals surface area contributed by atoms with Crippen LogP contribution in [0, 0.1) is 13.8 Å². The molecule has 1 rings (SSSR count). The minimum atomic E-state index is -3.71. The van der Waals surface area contributed by atoms with E-state index in [2.05, 4.69) is 4.72 Å². The summed E-state index contributed by atoms with van der Waals surface area (Å²) < 4.78 is 25.8. The van der Waals surface area contributed by atoms with Crippen molar-refractivity contribution in [3.63, 3.8) is 0 Å². The van der Waals surface area contributed by atoms with E-state index in [1.807, 2.05) is 0 Å². The van der Waals surface area contributed by atoms with Gasteiger partial charge < -0.3 is 10.8 Å². The summed E-state index contributed by atoms with van der Waals surface area (Å²) in [6.07, 6.45) is -1.52. The maximum absolute atomic E-state index is 11.8. The number of carbonyl (C=O) groups is 1. The predicted octanol–water partition coefficient (Wildman–Crippen LogP) is -0.511. The number of nitrogens with one attached hydrogen (secondary N) is 1. The number of nitrogens with two attached hydrogens (primary N) is 1. The molecule has 0 bridgehead atoms. The van der Waals surface area contributed by atoms with Gasteiger partial charge >= 0.3 is 0 Å². The Hall–Kier alpha value is -0.960. The maximum Gasteiger partial charge on any atom is 0.247 e. The number of hydrogen-bond donors (Lipinski definition) is 3. The number of aliphatic hydroxyl groups excluding tert-OH is 1. The molecular formula is C9H14N2O4S2. The second kappa shape index (κ2) is 5.13. The Morgan fingerprint density at radius 3 is 2.59 bits per heavy atom. The number of amides is 1. The molecule has 0 aliphatic carbocycles. The molecular weight excluding hydrogens is 264 g/mol. The zero-order valence-corrected chi connectivity index (χ0v) is 11.1. The minimum Gasteiger partial charge on any atom is -0.382 e. The number of aryl methyl sites for hydroxylation is 2. The zero-order chi connectivity index (χ0) is 13.2. The van der Waals surface area contributed by atoms with Crippen molar-refractivity contribution in [2.45, 2.75) is 24.8 Å². The van der Waals surface area contributed by atoms with Gasteiger partial charge in [0.05, 0.1) is 4.90 Å². The Kier molecular flexibility index (Phi) is 4.26. The Morgan fingerprint density at radius 1 is 1.59 bits per heavy atom. The van der Waals surface area contributed by atoms with Crippen LogP contribution in [0.1, 0.15) is 9.75 Å². The molecule has 96 valence electrons. The fraction of sp³-hybridized carbons (Fsp3) is 0.444. The van der Waals surface area contributed by atoms with Crippen LogP contribution in [0.4, 0.5) is 0 Å². The quantitative estimate of drug-likeness (QED) is 0.673. The van der Waals surface area contributed by atoms with E-state index in [4.69, 9.17) is 10.8 Å². The molecule has 0 radical (unpaired) electrons. The summed E-state index contributed by atoms with van der Waals surface area (Å²) in [7, 11) is -3.71. The van der Waals surface area contributed by atoms with Crippen LogP contribution in [-0.2, 0) is 14.8 Å². The van der Waals surface area contributed by atoms with E-state index >= 15 is 0 Å². The summed E-state index contributed by atoms with van der Waals surface area (Å²) in [5.74, 6) is -0.967. The van der Waals surface area contributed by atoms with Gasteiger partial charge in [0, 0.05) is 16.3 Å². The van der Waals surface area contributed by atoms with Gasteiger partial charge in [0.25, 0.3) is 0 Å². The van der Waals surface area contributed by atoms with E-state index in [9.17, 15) is 13.2 Å². The molecule has 1 aromatic rings. The van der Waals surface area contributed by atoms with Crippen molar-refractivity contribution in [2.24, 2.45) is 5.73 Å². The molecule has 0 aliphatic heterocycles. The van der Waals surface area contributed by atoms with E-state index in [1.165, 1.54) is 11.3 Å². The number of carbonyl (C=O) groups excluding carboxylic acids is 1. The Balaban J connectivity index is 2.83. The second-order valence-electron chi connectivity index (χ2n) is 3.55. The molecule has 1 aromatic heterocycles. The molecule has 1 unspecified atom stereocenters. The molecule has 0 fully saturated rings. The van der Waals surface area contributed by atoms with E-state index in [1.54, 1.807) is 19.9 Å². The first-order valence-corrected chi connectivity index (χ1v) is 7.08. The first-order chi connectivity index (χ1) is 7.74. The molecule has 0 spiro atoms. The minimum absolute atomic E-state index is 0.164. The van der Waals surface area contributed by atoms with Crippen LogP contribution in [0.15, 0.2) is 11.0 Å². The normalized spacial score (nSPS) is 13.6.